The summed E-state index contributed by atoms with van der Waals surface area (Å²) < 4.78 is 7.11. The normalized spacial score (nSPS) is 14.0. The van der Waals surface area contributed by atoms with Crippen molar-refractivity contribution in [1.29, 1.82) is 0 Å². The Morgan fingerprint density at radius 1 is 1.13 bits per heavy atom. The summed E-state index contributed by atoms with van der Waals surface area (Å²) in [5.41, 5.74) is 5.01. The second kappa shape index (κ2) is 9.56. The Kier molecular flexibility index (Phi) is 6.61. The molecular weight excluding hydrogens is 408 g/mol. The van der Waals surface area contributed by atoms with Crippen LogP contribution >= 0.6 is 11.8 Å². The molecule has 0 aliphatic heterocycles. The van der Waals surface area contributed by atoms with E-state index in [0.29, 0.717) is 10.9 Å². The number of aromatic nitrogens is 3. The molecule has 0 bridgehead atoms. The number of nitrogens with one attached hydrogen (secondary N) is 1. The first-order chi connectivity index (χ1) is 15.0. The first-order valence-electron chi connectivity index (χ1n) is 10.6. The maximum absolute atomic E-state index is 12.5. The highest BCUT2D eigenvalue weighted by atomic mass is 32.2. The van der Waals surface area contributed by atoms with Crippen LogP contribution in [-0.2, 0) is 24.7 Å². The van der Waals surface area contributed by atoms with Gasteiger partial charge in [-0.2, -0.15) is 0 Å². The monoisotopic (exact) mass is 436 g/mol. The van der Waals surface area contributed by atoms with Gasteiger partial charge in [-0.1, -0.05) is 30.0 Å². The highest BCUT2D eigenvalue weighted by Crippen LogP contribution is 2.26. The molecule has 1 aliphatic rings. The zero-order valence-corrected chi connectivity index (χ0v) is 19.0. The van der Waals surface area contributed by atoms with Crippen LogP contribution in [0.4, 0.5) is 0 Å². The minimum absolute atomic E-state index is 0.00998. The van der Waals surface area contributed by atoms with E-state index < -0.39 is 0 Å². The Hall–Kier alpha value is -2.80. The molecule has 4 rings (SSSR count). The van der Waals surface area contributed by atoms with Gasteiger partial charge in [0.2, 0.25) is 5.91 Å². The van der Waals surface area contributed by atoms with E-state index >= 15 is 0 Å². The van der Waals surface area contributed by atoms with Crippen molar-refractivity contribution in [2.24, 2.45) is 7.05 Å². The predicted octanol–water partition coefficient (Wildman–Crippen LogP) is 4.34. The lowest BCUT2D eigenvalue weighted by Gasteiger charge is -2.20. The number of hydrogen-bond donors (Lipinski definition) is 1. The summed E-state index contributed by atoms with van der Waals surface area (Å²) >= 11 is 1.39. The van der Waals surface area contributed by atoms with E-state index in [0.717, 1.165) is 23.6 Å². The Labute approximate surface area is 187 Å². The third-order valence-corrected chi connectivity index (χ3v) is 6.79. The summed E-state index contributed by atoms with van der Waals surface area (Å²) in [5.74, 6) is 1.84. The molecule has 0 radical (unpaired) electrons. The van der Waals surface area contributed by atoms with Gasteiger partial charge in [-0.05, 0) is 73.6 Å². The molecule has 2 aromatic carbocycles. The number of nitrogens with zero attached hydrogens (tertiary/aromatic N) is 3. The van der Waals surface area contributed by atoms with Crippen molar-refractivity contribution in [3.63, 3.8) is 0 Å². The number of carbonyl (C=O) groups excluding carboxylic acids is 1. The van der Waals surface area contributed by atoms with Gasteiger partial charge >= 0.3 is 0 Å². The van der Waals surface area contributed by atoms with Crippen molar-refractivity contribution in [3.05, 3.63) is 59.2 Å². The van der Waals surface area contributed by atoms with E-state index in [1.165, 1.54) is 47.7 Å². The van der Waals surface area contributed by atoms with E-state index in [1.54, 1.807) is 7.11 Å². The number of amides is 1. The molecule has 1 N–H and O–H groups in total. The van der Waals surface area contributed by atoms with E-state index in [1.807, 2.05) is 42.8 Å². The lowest BCUT2D eigenvalue weighted by Crippen LogP contribution is -2.28. The van der Waals surface area contributed by atoms with Gasteiger partial charge in [0, 0.05) is 12.6 Å². The van der Waals surface area contributed by atoms with Gasteiger partial charge in [-0.15, -0.1) is 10.2 Å². The zero-order chi connectivity index (χ0) is 21.8. The standard InChI is InChI=1S/C24H28N4O2S/c1-16(19-9-8-17-6-4-5-7-20(17)14-19)25-22(29)15-31-24-27-26-23(28(24)2)18-10-12-21(30-3)13-11-18/h8-14,16H,4-7,15H2,1-3H3,(H,25,29). The van der Waals surface area contributed by atoms with Crippen LogP contribution in [-0.4, -0.2) is 33.5 Å². The molecule has 1 atom stereocenters. The predicted molar refractivity (Wildman–Crippen MR) is 123 cm³/mol. The van der Waals surface area contributed by atoms with Crippen molar-refractivity contribution in [2.75, 3.05) is 12.9 Å². The van der Waals surface area contributed by atoms with Gasteiger partial charge in [0.25, 0.3) is 0 Å². The lowest BCUT2D eigenvalue weighted by molar-refractivity contribution is -0.119. The molecule has 0 saturated heterocycles. The highest BCUT2D eigenvalue weighted by Gasteiger charge is 2.16. The number of benzene rings is 2. The average Bonchev–Trinajstić information content (AvgIpc) is 3.17. The minimum atomic E-state index is -0.0188. The number of hydrogen-bond acceptors (Lipinski definition) is 5. The SMILES string of the molecule is COc1ccc(-c2nnc(SCC(=O)NC(C)c3ccc4c(c3)CCCC4)n2C)cc1. The van der Waals surface area contributed by atoms with Crippen molar-refractivity contribution in [1.82, 2.24) is 20.1 Å². The molecule has 1 unspecified atom stereocenters. The summed E-state index contributed by atoms with van der Waals surface area (Å²) in [6, 6.07) is 14.3. The van der Waals surface area contributed by atoms with E-state index in [4.69, 9.17) is 4.74 Å². The average molecular weight is 437 g/mol. The number of methoxy groups -OCH3 is 1. The van der Waals surface area contributed by atoms with Crippen molar-refractivity contribution < 1.29 is 9.53 Å². The van der Waals surface area contributed by atoms with E-state index in [9.17, 15) is 4.79 Å². The molecule has 3 aromatic rings. The van der Waals surface area contributed by atoms with Crippen LogP contribution in [0.3, 0.4) is 0 Å². The Morgan fingerprint density at radius 3 is 2.61 bits per heavy atom. The molecule has 0 saturated carbocycles. The Morgan fingerprint density at radius 2 is 1.87 bits per heavy atom. The minimum Gasteiger partial charge on any atom is -0.497 e. The molecule has 0 fully saturated rings. The number of thioether (sulfide) groups is 1. The molecule has 0 spiro atoms. The van der Waals surface area contributed by atoms with Crippen LogP contribution in [0.25, 0.3) is 11.4 Å². The number of fused-ring (bicyclic) bond motifs is 1. The number of rotatable bonds is 7. The van der Waals surface area contributed by atoms with Crippen LogP contribution < -0.4 is 10.1 Å². The number of carbonyl (C=O) groups is 1. The smallest absolute Gasteiger partial charge is 0.230 e. The van der Waals surface area contributed by atoms with Gasteiger partial charge in [-0.3, -0.25) is 4.79 Å². The first-order valence-corrected chi connectivity index (χ1v) is 11.6. The molecule has 1 aromatic heterocycles. The molecule has 1 amide bonds. The number of aryl methyl sites for hydroxylation is 2. The second-order valence-corrected chi connectivity index (χ2v) is 8.85. The number of ether oxygens (including phenoxy) is 1. The molecule has 31 heavy (non-hydrogen) atoms. The fourth-order valence-electron chi connectivity index (χ4n) is 3.95. The summed E-state index contributed by atoms with van der Waals surface area (Å²) in [6.07, 6.45) is 4.84. The van der Waals surface area contributed by atoms with E-state index in [2.05, 4.69) is 33.7 Å². The van der Waals surface area contributed by atoms with Crippen molar-refractivity contribution >= 4 is 17.7 Å². The summed E-state index contributed by atoms with van der Waals surface area (Å²) in [6.45, 7) is 2.04. The molecule has 6 nitrogen and oxygen atoms in total. The lowest BCUT2D eigenvalue weighted by atomic mass is 9.89. The van der Waals surface area contributed by atoms with Gasteiger partial charge in [0.15, 0.2) is 11.0 Å². The Bertz CT molecular complexity index is 1060. The van der Waals surface area contributed by atoms with Gasteiger partial charge in [0.1, 0.15) is 5.75 Å². The Balaban J connectivity index is 1.35. The third-order valence-electron chi connectivity index (χ3n) is 5.77. The molecule has 7 heteroatoms. The first kappa shape index (κ1) is 21.4. The summed E-state index contributed by atoms with van der Waals surface area (Å²) in [5, 5.41) is 12.4. The van der Waals surface area contributed by atoms with Crippen LogP contribution in [0.15, 0.2) is 47.6 Å². The highest BCUT2D eigenvalue weighted by molar-refractivity contribution is 7.99. The zero-order valence-electron chi connectivity index (χ0n) is 18.2. The van der Waals surface area contributed by atoms with Crippen LogP contribution in [0, 0.1) is 0 Å². The fourth-order valence-corrected chi connectivity index (χ4v) is 4.67. The summed E-state index contributed by atoms with van der Waals surface area (Å²) in [7, 11) is 3.55. The second-order valence-electron chi connectivity index (χ2n) is 7.91. The van der Waals surface area contributed by atoms with Crippen LogP contribution in [0.5, 0.6) is 5.75 Å². The van der Waals surface area contributed by atoms with E-state index in [-0.39, 0.29) is 11.9 Å². The quantitative estimate of drug-likeness (QED) is 0.558. The van der Waals surface area contributed by atoms with Gasteiger partial charge in [-0.25, -0.2) is 0 Å². The molecular formula is C24H28N4O2S. The molecule has 1 aliphatic carbocycles. The molecule has 1 heterocycles. The third kappa shape index (κ3) is 4.93. The topological polar surface area (TPSA) is 69.0 Å². The largest absolute Gasteiger partial charge is 0.497 e. The fraction of sp³-hybridized carbons (Fsp3) is 0.375. The van der Waals surface area contributed by atoms with Gasteiger partial charge < -0.3 is 14.6 Å². The van der Waals surface area contributed by atoms with Crippen molar-refractivity contribution in [3.8, 4) is 17.1 Å². The molecule has 162 valence electrons. The summed E-state index contributed by atoms with van der Waals surface area (Å²) in [4.78, 5) is 12.5. The van der Waals surface area contributed by atoms with Crippen LogP contribution in [0.2, 0.25) is 0 Å². The van der Waals surface area contributed by atoms with Gasteiger partial charge in [0.05, 0.1) is 18.9 Å². The van der Waals surface area contributed by atoms with Crippen LogP contribution in [0.1, 0.15) is 42.5 Å². The van der Waals surface area contributed by atoms with Crippen molar-refractivity contribution in [2.45, 2.75) is 43.8 Å². The maximum atomic E-state index is 12.5. The maximum Gasteiger partial charge on any atom is 0.230 e.